The van der Waals surface area contributed by atoms with Crippen LogP contribution in [0.3, 0.4) is 0 Å². The molecule has 1 aromatic heterocycles. The van der Waals surface area contributed by atoms with Crippen LogP contribution in [0.2, 0.25) is 0 Å². The minimum Gasteiger partial charge on any atom is -0.497 e. The molecule has 0 radical (unpaired) electrons. The van der Waals surface area contributed by atoms with Crippen molar-refractivity contribution >= 4 is 22.4 Å². The van der Waals surface area contributed by atoms with E-state index in [2.05, 4.69) is 15.5 Å². The Bertz CT molecular complexity index is 926. The molecule has 2 aromatic carbocycles. The van der Waals surface area contributed by atoms with E-state index in [-0.39, 0.29) is 12.5 Å². The van der Waals surface area contributed by atoms with E-state index >= 15 is 0 Å². The van der Waals surface area contributed by atoms with Crippen molar-refractivity contribution in [2.75, 3.05) is 19.0 Å². The summed E-state index contributed by atoms with van der Waals surface area (Å²) in [6.07, 6.45) is -0.738. The smallest absolute Gasteiger partial charge is 0.270 e. The quantitative estimate of drug-likeness (QED) is 0.761. The number of ether oxygens (including phenoxy) is 3. The lowest BCUT2D eigenvalue weighted by molar-refractivity contribution is -0.125. The van der Waals surface area contributed by atoms with Crippen molar-refractivity contribution in [3.8, 4) is 27.8 Å². The van der Waals surface area contributed by atoms with E-state index in [0.717, 1.165) is 11.3 Å². The molecule has 0 aliphatic carbocycles. The van der Waals surface area contributed by atoms with Crippen molar-refractivity contribution in [1.82, 2.24) is 10.2 Å². The minimum absolute atomic E-state index is 0.146. The number of aromatic nitrogens is 2. The molecule has 1 N–H and O–H groups in total. The molecule has 0 spiro atoms. The van der Waals surface area contributed by atoms with Crippen LogP contribution in [0.5, 0.6) is 17.2 Å². The number of anilines is 1. The van der Waals surface area contributed by atoms with Gasteiger partial charge in [-0.2, -0.15) is 0 Å². The molecule has 1 atom stereocenters. The molecule has 0 fully saturated rings. The predicted molar refractivity (Wildman–Crippen MR) is 96.9 cm³/mol. The first kappa shape index (κ1) is 16.3. The van der Waals surface area contributed by atoms with Crippen LogP contribution in [0.15, 0.2) is 48.5 Å². The summed E-state index contributed by atoms with van der Waals surface area (Å²) in [5, 5.41) is 12.0. The average Bonchev–Trinajstić information content (AvgIpc) is 3.16. The highest BCUT2D eigenvalue weighted by Crippen LogP contribution is 2.32. The zero-order valence-electron chi connectivity index (χ0n) is 13.8. The Morgan fingerprint density at radius 2 is 1.92 bits per heavy atom. The lowest BCUT2D eigenvalue weighted by Gasteiger charge is -2.25. The molecule has 0 saturated heterocycles. The van der Waals surface area contributed by atoms with E-state index in [0.29, 0.717) is 21.6 Å². The number of benzene rings is 2. The fourth-order valence-corrected chi connectivity index (χ4v) is 3.21. The van der Waals surface area contributed by atoms with Crippen molar-refractivity contribution in [2.45, 2.75) is 6.10 Å². The number of nitrogens with zero attached hydrogens (tertiary/aromatic N) is 2. The maximum atomic E-state index is 12.4. The maximum Gasteiger partial charge on any atom is 0.270 e. The normalized spacial score (nSPS) is 15.3. The van der Waals surface area contributed by atoms with E-state index < -0.39 is 6.10 Å². The number of amides is 1. The molecule has 3 aromatic rings. The first-order valence-electron chi connectivity index (χ1n) is 7.90. The van der Waals surface area contributed by atoms with Crippen molar-refractivity contribution in [1.29, 1.82) is 0 Å². The molecule has 1 amide bonds. The summed E-state index contributed by atoms with van der Waals surface area (Å²) in [5.74, 6) is 1.63. The van der Waals surface area contributed by atoms with E-state index in [4.69, 9.17) is 14.2 Å². The third kappa shape index (κ3) is 3.31. The second-order valence-electron chi connectivity index (χ2n) is 5.49. The van der Waals surface area contributed by atoms with Gasteiger partial charge >= 0.3 is 0 Å². The number of fused-ring (bicyclic) bond motifs is 1. The average molecular weight is 369 g/mol. The largest absolute Gasteiger partial charge is 0.497 e. The molecule has 4 rings (SSSR count). The monoisotopic (exact) mass is 369 g/mol. The molecule has 0 bridgehead atoms. The zero-order valence-corrected chi connectivity index (χ0v) is 14.7. The Labute approximate surface area is 153 Å². The van der Waals surface area contributed by atoms with Gasteiger partial charge in [0.25, 0.3) is 5.91 Å². The molecule has 0 saturated carbocycles. The Hall–Kier alpha value is -3.13. The molecule has 8 heteroatoms. The van der Waals surface area contributed by atoms with Gasteiger partial charge in [-0.25, -0.2) is 0 Å². The summed E-state index contributed by atoms with van der Waals surface area (Å²) in [5.41, 5.74) is 0.898. The SMILES string of the molecule is COc1ccc(-c2nnc(NC(=O)[C@H]3COc4ccccc4O3)s2)cc1. The molecular weight excluding hydrogens is 354 g/mol. The predicted octanol–water partition coefficient (Wildman–Crippen LogP) is 2.99. The van der Waals surface area contributed by atoms with Crippen molar-refractivity contribution < 1.29 is 19.0 Å². The highest BCUT2D eigenvalue weighted by Gasteiger charge is 2.28. The van der Waals surface area contributed by atoms with Gasteiger partial charge in [0.1, 0.15) is 17.4 Å². The number of carbonyl (C=O) groups is 1. The number of nitrogens with one attached hydrogen (secondary N) is 1. The van der Waals surface area contributed by atoms with Gasteiger partial charge in [-0.05, 0) is 36.4 Å². The Balaban J connectivity index is 1.43. The number of carbonyl (C=O) groups excluding carboxylic acids is 1. The summed E-state index contributed by atoms with van der Waals surface area (Å²) in [6, 6.07) is 14.7. The minimum atomic E-state index is -0.738. The molecule has 1 aliphatic rings. The maximum absolute atomic E-state index is 12.4. The van der Waals surface area contributed by atoms with Crippen LogP contribution in [0.25, 0.3) is 10.6 Å². The topological polar surface area (TPSA) is 82.6 Å². The number of methoxy groups -OCH3 is 1. The van der Waals surface area contributed by atoms with E-state index in [9.17, 15) is 4.79 Å². The molecule has 0 unspecified atom stereocenters. The molecule has 2 heterocycles. The Morgan fingerprint density at radius 1 is 1.15 bits per heavy atom. The molecule has 132 valence electrons. The van der Waals surface area contributed by atoms with Crippen LogP contribution >= 0.6 is 11.3 Å². The number of para-hydroxylation sites is 2. The lowest BCUT2D eigenvalue weighted by Crippen LogP contribution is -2.40. The summed E-state index contributed by atoms with van der Waals surface area (Å²) >= 11 is 1.29. The van der Waals surface area contributed by atoms with Gasteiger partial charge in [0.2, 0.25) is 11.2 Å². The third-order valence-electron chi connectivity index (χ3n) is 3.79. The van der Waals surface area contributed by atoms with Crippen LogP contribution in [0, 0.1) is 0 Å². The first-order chi connectivity index (χ1) is 12.7. The molecular formula is C18H15N3O4S. The van der Waals surface area contributed by atoms with E-state index in [1.807, 2.05) is 36.4 Å². The van der Waals surface area contributed by atoms with Crippen molar-refractivity contribution in [2.24, 2.45) is 0 Å². The molecule has 1 aliphatic heterocycles. The van der Waals surface area contributed by atoms with Crippen LogP contribution in [0.1, 0.15) is 0 Å². The summed E-state index contributed by atoms with van der Waals surface area (Å²) < 4.78 is 16.4. The number of hydrogen-bond donors (Lipinski definition) is 1. The van der Waals surface area contributed by atoms with Crippen LogP contribution in [0.4, 0.5) is 5.13 Å². The van der Waals surface area contributed by atoms with Crippen LogP contribution in [-0.2, 0) is 4.79 Å². The van der Waals surface area contributed by atoms with Gasteiger partial charge in [0.05, 0.1) is 7.11 Å². The lowest BCUT2D eigenvalue weighted by atomic mass is 10.2. The van der Waals surface area contributed by atoms with Gasteiger partial charge in [0.15, 0.2) is 11.5 Å². The molecule has 26 heavy (non-hydrogen) atoms. The van der Waals surface area contributed by atoms with Crippen LogP contribution in [-0.4, -0.2) is 35.9 Å². The van der Waals surface area contributed by atoms with Gasteiger partial charge < -0.3 is 14.2 Å². The Morgan fingerprint density at radius 3 is 2.69 bits per heavy atom. The highest BCUT2D eigenvalue weighted by molar-refractivity contribution is 7.18. The fourth-order valence-electron chi connectivity index (χ4n) is 2.46. The highest BCUT2D eigenvalue weighted by atomic mass is 32.1. The van der Waals surface area contributed by atoms with Crippen molar-refractivity contribution in [3.05, 3.63) is 48.5 Å². The van der Waals surface area contributed by atoms with E-state index in [1.165, 1.54) is 11.3 Å². The van der Waals surface area contributed by atoms with Gasteiger partial charge in [-0.15, -0.1) is 10.2 Å². The summed E-state index contributed by atoms with van der Waals surface area (Å²) in [4.78, 5) is 12.4. The summed E-state index contributed by atoms with van der Waals surface area (Å²) in [7, 11) is 1.61. The van der Waals surface area contributed by atoms with Crippen molar-refractivity contribution in [3.63, 3.8) is 0 Å². The van der Waals surface area contributed by atoms with Crippen LogP contribution < -0.4 is 19.5 Å². The van der Waals surface area contributed by atoms with Gasteiger partial charge in [0, 0.05) is 5.56 Å². The third-order valence-corrected chi connectivity index (χ3v) is 4.68. The first-order valence-corrected chi connectivity index (χ1v) is 8.72. The second-order valence-corrected chi connectivity index (χ2v) is 6.47. The fraction of sp³-hybridized carbons (Fsp3) is 0.167. The Kier molecular flexibility index (Phi) is 4.40. The van der Waals surface area contributed by atoms with Gasteiger partial charge in [-0.3, -0.25) is 10.1 Å². The summed E-state index contributed by atoms with van der Waals surface area (Å²) in [6.45, 7) is 0.146. The standard InChI is InChI=1S/C18H15N3O4S/c1-23-12-8-6-11(7-9-12)17-20-21-18(26-17)19-16(22)15-10-24-13-4-2-3-5-14(13)25-15/h2-9,15H,10H2,1H3,(H,19,21,22)/t15-/m1/s1. The molecule has 7 nitrogen and oxygen atoms in total. The second kappa shape index (κ2) is 7.01. The number of rotatable bonds is 4. The number of hydrogen-bond acceptors (Lipinski definition) is 7. The zero-order chi connectivity index (χ0) is 17.9. The van der Waals surface area contributed by atoms with E-state index in [1.54, 1.807) is 19.2 Å². The van der Waals surface area contributed by atoms with Gasteiger partial charge in [-0.1, -0.05) is 23.5 Å².